The molecule has 1 aliphatic carbocycles. The topological polar surface area (TPSA) is 37.3 Å². The minimum atomic E-state index is -1.20. The average Bonchev–Trinajstić information content (AvgIpc) is 2.37. The molecule has 0 bridgehead atoms. The normalized spacial score (nSPS) is 23.3. The monoisotopic (exact) mass is 282 g/mol. The number of carboxylic acid groups (broad SMARTS) is 1. The molecule has 104 valence electrons. The summed E-state index contributed by atoms with van der Waals surface area (Å²) in [5, 5.41) is 9.55. The quantitative estimate of drug-likeness (QED) is 0.892. The zero-order valence-electron chi connectivity index (χ0n) is 11.1. The maximum absolute atomic E-state index is 13.3. The number of carboxylic acids is 1. The number of thioether (sulfide) groups is 1. The maximum atomic E-state index is 13.3. The van der Waals surface area contributed by atoms with Crippen molar-refractivity contribution in [3.63, 3.8) is 0 Å². The summed E-state index contributed by atoms with van der Waals surface area (Å²) in [6, 6.07) is 4.39. The lowest BCUT2D eigenvalue weighted by Crippen LogP contribution is -2.15. The molecule has 0 saturated heterocycles. The van der Waals surface area contributed by atoms with Gasteiger partial charge in [-0.3, -0.25) is 0 Å². The average molecular weight is 282 g/mol. The number of aromatic carboxylic acids is 1. The first kappa shape index (κ1) is 14.4. The molecule has 0 amide bonds. The first-order valence-electron chi connectivity index (χ1n) is 6.69. The SMILES string of the molecule is CC1CCCC(SCc2ccc(F)c(C(=O)O)c2)C1. The summed E-state index contributed by atoms with van der Waals surface area (Å²) in [4.78, 5) is 10.9. The third-order valence-electron chi connectivity index (χ3n) is 3.64. The molecule has 0 heterocycles. The van der Waals surface area contributed by atoms with E-state index in [1.54, 1.807) is 6.07 Å². The fraction of sp³-hybridized carbons (Fsp3) is 0.533. The molecular weight excluding hydrogens is 263 g/mol. The molecule has 19 heavy (non-hydrogen) atoms. The van der Waals surface area contributed by atoms with Crippen LogP contribution in [0.4, 0.5) is 4.39 Å². The highest BCUT2D eigenvalue weighted by atomic mass is 32.2. The second kappa shape index (κ2) is 6.42. The van der Waals surface area contributed by atoms with Crippen LogP contribution in [0.2, 0.25) is 0 Å². The molecule has 0 aromatic heterocycles. The van der Waals surface area contributed by atoms with Gasteiger partial charge in [-0.15, -0.1) is 0 Å². The summed E-state index contributed by atoms with van der Waals surface area (Å²) in [6.45, 7) is 2.28. The molecule has 1 aliphatic rings. The van der Waals surface area contributed by atoms with Gasteiger partial charge < -0.3 is 5.11 Å². The van der Waals surface area contributed by atoms with Crippen molar-refractivity contribution in [3.05, 3.63) is 35.1 Å². The van der Waals surface area contributed by atoms with Crippen molar-refractivity contribution in [1.29, 1.82) is 0 Å². The highest BCUT2D eigenvalue weighted by molar-refractivity contribution is 7.99. The molecule has 2 rings (SSSR count). The van der Waals surface area contributed by atoms with Crippen LogP contribution in [0.5, 0.6) is 0 Å². The Balaban J connectivity index is 1.96. The molecule has 1 saturated carbocycles. The van der Waals surface area contributed by atoms with E-state index in [0.29, 0.717) is 5.25 Å². The van der Waals surface area contributed by atoms with E-state index >= 15 is 0 Å². The predicted octanol–water partition coefficient (Wildman–Crippen LogP) is 4.34. The Hall–Kier alpha value is -1.03. The van der Waals surface area contributed by atoms with Gasteiger partial charge >= 0.3 is 5.97 Å². The second-order valence-corrected chi connectivity index (χ2v) is 6.61. The minimum Gasteiger partial charge on any atom is -0.478 e. The third kappa shape index (κ3) is 3.96. The maximum Gasteiger partial charge on any atom is 0.338 e. The van der Waals surface area contributed by atoms with Crippen LogP contribution in [0, 0.1) is 11.7 Å². The van der Waals surface area contributed by atoms with Crippen LogP contribution >= 0.6 is 11.8 Å². The summed E-state index contributed by atoms with van der Waals surface area (Å²) >= 11 is 1.87. The Morgan fingerprint density at radius 1 is 1.47 bits per heavy atom. The highest BCUT2D eigenvalue weighted by Gasteiger charge is 2.19. The summed E-state index contributed by atoms with van der Waals surface area (Å²) in [6.07, 6.45) is 5.07. The van der Waals surface area contributed by atoms with Crippen molar-refractivity contribution < 1.29 is 14.3 Å². The molecule has 2 atom stereocenters. The van der Waals surface area contributed by atoms with Gasteiger partial charge in [0.25, 0.3) is 0 Å². The highest BCUT2D eigenvalue weighted by Crippen LogP contribution is 2.33. The molecule has 0 spiro atoms. The van der Waals surface area contributed by atoms with Crippen molar-refractivity contribution in [2.75, 3.05) is 0 Å². The fourth-order valence-electron chi connectivity index (χ4n) is 2.57. The van der Waals surface area contributed by atoms with E-state index in [1.807, 2.05) is 11.8 Å². The summed E-state index contributed by atoms with van der Waals surface area (Å²) < 4.78 is 13.3. The number of benzene rings is 1. The Labute approximate surface area is 117 Å². The van der Waals surface area contributed by atoms with E-state index in [0.717, 1.165) is 17.2 Å². The van der Waals surface area contributed by atoms with Gasteiger partial charge in [0.2, 0.25) is 0 Å². The molecule has 2 unspecified atom stereocenters. The van der Waals surface area contributed by atoms with Crippen LogP contribution < -0.4 is 0 Å². The van der Waals surface area contributed by atoms with E-state index in [2.05, 4.69) is 6.92 Å². The largest absolute Gasteiger partial charge is 0.478 e. The van der Waals surface area contributed by atoms with Gasteiger partial charge in [0.05, 0.1) is 5.56 Å². The molecule has 4 heteroatoms. The molecule has 1 N–H and O–H groups in total. The van der Waals surface area contributed by atoms with E-state index in [-0.39, 0.29) is 5.56 Å². The number of carbonyl (C=O) groups is 1. The standard InChI is InChI=1S/C15H19FO2S/c1-10-3-2-4-12(7-10)19-9-11-5-6-14(16)13(8-11)15(17)18/h5-6,8,10,12H,2-4,7,9H2,1H3,(H,17,18). The number of halogens is 1. The van der Waals surface area contributed by atoms with Gasteiger partial charge in [-0.05, 0) is 36.5 Å². The fourth-order valence-corrected chi connectivity index (χ4v) is 3.98. The van der Waals surface area contributed by atoms with Gasteiger partial charge in [-0.25, -0.2) is 9.18 Å². The van der Waals surface area contributed by atoms with Crippen LogP contribution in [0.1, 0.15) is 48.5 Å². The Bertz CT molecular complexity index is 461. The lowest BCUT2D eigenvalue weighted by Gasteiger charge is -2.26. The number of hydrogen-bond acceptors (Lipinski definition) is 2. The summed E-state index contributed by atoms with van der Waals surface area (Å²) in [5.74, 6) is -0.310. The van der Waals surface area contributed by atoms with Gasteiger partial charge in [-0.2, -0.15) is 11.8 Å². The Morgan fingerprint density at radius 3 is 2.95 bits per heavy atom. The lowest BCUT2D eigenvalue weighted by atomic mass is 9.91. The van der Waals surface area contributed by atoms with Crippen LogP contribution in [0.15, 0.2) is 18.2 Å². The van der Waals surface area contributed by atoms with Crippen LogP contribution in [-0.4, -0.2) is 16.3 Å². The van der Waals surface area contributed by atoms with Crippen molar-refractivity contribution in [1.82, 2.24) is 0 Å². The lowest BCUT2D eigenvalue weighted by molar-refractivity contribution is 0.0692. The number of rotatable bonds is 4. The molecule has 1 aromatic rings. The number of hydrogen-bond donors (Lipinski definition) is 1. The Kier molecular flexibility index (Phi) is 4.86. The Morgan fingerprint density at radius 2 is 2.26 bits per heavy atom. The summed E-state index contributed by atoms with van der Waals surface area (Å²) in [5.41, 5.74) is 0.664. The van der Waals surface area contributed by atoms with E-state index < -0.39 is 11.8 Å². The molecule has 2 nitrogen and oxygen atoms in total. The molecule has 0 radical (unpaired) electrons. The van der Waals surface area contributed by atoms with Gasteiger partial charge in [0.15, 0.2) is 0 Å². The van der Waals surface area contributed by atoms with Crippen molar-refractivity contribution in [3.8, 4) is 0 Å². The van der Waals surface area contributed by atoms with Crippen LogP contribution in [0.25, 0.3) is 0 Å². The predicted molar refractivity (Wildman–Crippen MR) is 76.1 cm³/mol. The second-order valence-electron chi connectivity index (χ2n) is 5.32. The molecule has 1 fully saturated rings. The van der Waals surface area contributed by atoms with E-state index in [9.17, 15) is 9.18 Å². The van der Waals surface area contributed by atoms with E-state index in [4.69, 9.17) is 5.11 Å². The first-order chi connectivity index (χ1) is 9.06. The first-order valence-corrected chi connectivity index (χ1v) is 7.74. The smallest absolute Gasteiger partial charge is 0.338 e. The van der Waals surface area contributed by atoms with Crippen molar-refractivity contribution >= 4 is 17.7 Å². The van der Waals surface area contributed by atoms with Crippen LogP contribution in [0.3, 0.4) is 0 Å². The third-order valence-corrected chi connectivity index (χ3v) is 5.03. The summed E-state index contributed by atoms with van der Waals surface area (Å²) in [7, 11) is 0. The zero-order valence-corrected chi connectivity index (χ0v) is 11.9. The van der Waals surface area contributed by atoms with E-state index in [1.165, 1.54) is 37.8 Å². The van der Waals surface area contributed by atoms with Gasteiger partial charge in [0.1, 0.15) is 5.82 Å². The van der Waals surface area contributed by atoms with Crippen LogP contribution in [-0.2, 0) is 5.75 Å². The minimum absolute atomic E-state index is 0.227. The molecule has 1 aromatic carbocycles. The van der Waals surface area contributed by atoms with Gasteiger partial charge in [-0.1, -0.05) is 25.8 Å². The van der Waals surface area contributed by atoms with Crippen molar-refractivity contribution in [2.24, 2.45) is 5.92 Å². The van der Waals surface area contributed by atoms with Gasteiger partial charge in [0, 0.05) is 11.0 Å². The molecular formula is C15H19FO2S. The van der Waals surface area contributed by atoms with Crippen molar-refractivity contribution in [2.45, 2.75) is 43.6 Å². The molecule has 0 aliphatic heterocycles. The zero-order chi connectivity index (χ0) is 13.8.